The second kappa shape index (κ2) is 5.85. The number of aromatic hydroxyl groups is 1. The van der Waals surface area contributed by atoms with Gasteiger partial charge in [0.1, 0.15) is 11.5 Å². The number of hydrogen-bond donors (Lipinski definition) is 2. The van der Waals surface area contributed by atoms with Crippen molar-refractivity contribution in [2.45, 2.75) is 18.9 Å². The zero-order valence-electron chi connectivity index (χ0n) is 11.4. The SMILES string of the molecule is COc1ccc(Br)c(CC(C)(O)c2ccc(O)cc2)c1. The van der Waals surface area contributed by atoms with Crippen LogP contribution in [0.2, 0.25) is 0 Å². The molecule has 4 heteroatoms. The van der Waals surface area contributed by atoms with Crippen molar-refractivity contribution < 1.29 is 14.9 Å². The Morgan fingerprint density at radius 1 is 1.15 bits per heavy atom. The molecule has 2 rings (SSSR count). The second-order valence-electron chi connectivity index (χ2n) is 4.95. The summed E-state index contributed by atoms with van der Waals surface area (Å²) in [5, 5.41) is 20.0. The van der Waals surface area contributed by atoms with Crippen LogP contribution >= 0.6 is 15.9 Å². The molecule has 0 aliphatic carbocycles. The monoisotopic (exact) mass is 336 g/mol. The molecule has 0 aromatic heterocycles. The van der Waals surface area contributed by atoms with Gasteiger partial charge in [-0.2, -0.15) is 0 Å². The van der Waals surface area contributed by atoms with Gasteiger partial charge in [-0.15, -0.1) is 0 Å². The third-order valence-corrected chi connectivity index (χ3v) is 4.05. The standard InChI is InChI=1S/C16H17BrO3/c1-16(19,12-3-5-13(18)6-4-12)10-11-9-14(20-2)7-8-15(11)17/h3-9,18-19H,10H2,1-2H3. The number of rotatable bonds is 4. The van der Waals surface area contributed by atoms with Crippen LogP contribution in [0.15, 0.2) is 46.9 Å². The lowest BCUT2D eigenvalue weighted by atomic mass is 9.89. The molecule has 3 nitrogen and oxygen atoms in total. The van der Waals surface area contributed by atoms with E-state index in [1.54, 1.807) is 38.3 Å². The largest absolute Gasteiger partial charge is 0.508 e. The van der Waals surface area contributed by atoms with Crippen LogP contribution in [0.4, 0.5) is 0 Å². The molecular formula is C16H17BrO3. The fourth-order valence-electron chi connectivity index (χ4n) is 2.11. The molecule has 0 amide bonds. The van der Waals surface area contributed by atoms with Crippen molar-refractivity contribution >= 4 is 15.9 Å². The minimum absolute atomic E-state index is 0.187. The number of phenolic OH excluding ortho intramolecular Hbond substituents is 1. The van der Waals surface area contributed by atoms with Crippen LogP contribution in [0.25, 0.3) is 0 Å². The summed E-state index contributed by atoms with van der Waals surface area (Å²) in [6.07, 6.45) is 0.440. The molecule has 2 aromatic carbocycles. The number of methoxy groups -OCH3 is 1. The Bertz CT molecular complexity index is 591. The van der Waals surface area contributed by atoms with Crippen LogP contribution in [0.5, 0.6) is 11.5 Å². The maximum atomic E-state index is 10.7. The van der Waals surface area contributed by atoms with Gasteiger partial charge in [-0.1, -0.05) is 28.1 Å². The highest BCUT2D eigenvalue weighted by Gasteiger charge is 2.24. The molecule has 0 bridgehead atoms. The van der Waals surface area contributed by atoms with Gasteiger partial charge < -0.3 is 14.9 Å². The third kappa shape index (κ3) is 3.32. The summed E-state index contributed by atoms with van der Waals surface area (Å²) in [7, 11) is 1.62. The Labute approximate surface area is 127 Å². The molecule has 2 aromatic rings. The normalized spacial score (nSPS) is 13.8. The highest BCUT2D eigenvalue weighted by Crippen LogP contribution is 2.31. The zero-order valence-corrected chi connectivity index (χ0v) is 13.0. The van der Waals surface area contributed by atoms with Crippen LogP contribution in [0.3, 0.4) is 0 Å². The van der Waals surface area contributed by atoms with Crippen molar-refractivity contribution in [1.29, 1.82) is 0 Å². The highest BCUT2D eigenvalue weighted by atomic mass is 79.9. The lowest BCUT2D eigenvalue weighted by Crippen LogP contribution is -2.24. The van der Waals surface area contributed by atoms with Crippen molar-refractivity contribution in [3.63, 3.8) is 0 Å². The van der Waals surface area contributed by atoms with E-state index < -0.39 is 5.60 Å². The van der Waals surface area contributed by atoms with Gasteiger partial charge in [0.05, 0.1) is 12.7 Å². The van der Waals surface area contributed by atoms with E-state index in [0.717, 1.165) is 21.3 Å². The molecule has 0 radical (unpaired) electrons. The average molecular weight is 337 g/mol. The summed E-state index contributed by atoms with van der Waals surface area (Å²) in [4.78, 5) is 0. The van der Waals surface area contributed by atoms with E-state index in [1.807, 2.05) is 18.2 Å². The number of halogens is 1. The van der Waals surface area contributed by atoms with Gasteiger partial charge in [0.2, 0.25) is 0 Å². The van der Waals surface area contributed by atoms with Gasteiger partial charge in [0, 0.05) is 10.9 Å². The summed E-state index contributed by atoms with van der Waals surface area (Å²) >= 11 is 3.49. The zero-order chi connectivity index (χ0) is 14.8. The first-order valence-electron chi connectivity index (χ1n) is 6.27. The van der Waals surface area contributed by atoms with Gasteiger partial charge >= 0.3 is 0 Å². The highest BCUT2D eigenvalue weighted by molar-refractivity contribution is 9.10. The number of aliphatic hydroxyl groups is 1. The lowest BCUT2D eigenvalue weighted by molar-refractivity contribution is 0.0574. The molecule has 0 fully saturated rings. The van der Waals surface area contributed by atoms with Crippen LogP contribution in [-0.4, -0.2) is 17.3 Å². The summed E-state index contributed by atoms with van der Waals surface area (Å²) < 4.78 is 6.14. The van der Waals surface area contributed by atoms with Gasteiger partial charge in [0.25, 0.3) is 0 Å². The van der Waals surface area contributed by atoms with E-state index >= 15 is 0 Å². The van der Waals surface area contributed by atoms with Crippen molar-refractivity contribution in [2.75, 3.05) is 7.11 Å². The Morgan fingerprint density at radius 3 is 2.40 bits per heavy atom. The van der Waals surface area contributed by atoms with Crippen LogP contribution in [0, 0.1) is 0 Å². The van der Waals surface area contributed by atoms with Crippen molar-refractivity contribution in [2.24, 2.45) is 0 Å². The molecule has 0 saturated heterocycles. The molecule has 0 saturated carbocycles. The topological polar surface area (TPSA) is 49.7 Å². The molecule has 1 unspecified atom stereocenters. The van der Waals surface area contributed by atoms with E-state index in [2.05, 4.69) is 15.9 Å². The number of benzene rings is 2. The smallest absolute Gasteiger partial charge is 0.119 e. The van der Waals surface area contributed by atoms with Crippen molar-refractivity contribution in [3.8, 4) is 11.5 Å². The summed E-state index contributed by atoms with van der Waals surface area (Å²) in [6.45, 7) is 1.76. The van der Waals surface area contributed by atoms with Gasteiger partial charge in [-0.25, -0.2) is 0 Å². The van der Waals surface area contributed by atoms with Crippen LogP contribution in [0.1, 0.15) is 18.1 Å². The van der Waals surface area contributed by atoms with E-state index in [9.17, 15) is 10.2 Å². The van der Waals surface area contributed by atoms with Crippen LogP contribution in [-0.2, 0) is 12.0 Å². The Kier molecular flexibility index (Phi) is 4.35. The molecule has 2 N–H and O–H groups in total. The van der Waals surface area contributed by atoms with E-state index in [1.165, 1.54) is 0 Å². The molecule has 0 aliphatic rings. The molecule has 1 atom stereocenters. The fraction of sp³-hybridized carbons (Fsp3) is 0.250. The minimum Gasteiger partial charge on any atom is -0.508 e. The van der Waals surface area contributed by atoms with Gasteiger partial charge in [-0.05, 0) is 48.4 Å². The van der Waals surface area contributed by atoms with Gasteiger partial charge in [-0.3, -0.25) is 0 Å². The van der Waals surface area contributed by atoms with Crippen molar-refractivity contribution in [3.05, 3.63) is 58.1 Å². The lowest BCUT2D eigenvalue weighted by Gasteiger charge is -2.25. The van der Waals surface area contributed by atoms with E-state index in [-0.39, 0.29) is 5.75 Å². The molecule has 0 heterocycles. The Balaban J connectivity index is 2.29. The average Bonchev–Trinajstić information content (AvgIpc) is 2.41. The molecule has 0 aliphatic heterocycles. The van der Waals surface area contributed by atoms with Gasteiger partial charge in [0.15, 0.2) is 0 Å². The minimum atomic E-state index is -1.03. The molecular weight excluding hydrogens is 320 g/mol. The first-order valence-corrected chi connectivity index (χ1v) is 7.06. The Morgan fingerprint density at radius 2 is 1.80 bits per heavy atom. The molecule has 106 valence electrons. The summed E-state index contributed by atoms with van der Waals surface area (Å²) in [5.41, 5.74) is 0.690. The molecule has 0 spiro atoms. The summed E-state index contributed by atoms with van der Waals surface area (Å²) in [6, 6.07) is 12.3. The number of hydrogen-bond acceptors (Lipinski definition) is 3. The first-order chi connectivity index (χ1) is 9.42. The van der Waals surface area contributed by atoms with Crippen molar-refractivity contribution in [1.82, 2.24) is 0 Å². The maximum absolute atomic E-state index is 10.7. The van der Waals surface area contributed by atoms with E-state index in [0.29, 0.717) is 6.42 Å². The second-order valence-corrected chi connectivity index (χ2v) is 5.81. The Hall–Kier alpha value is -1.52. The van der Waals surface area contributed by atoms with Crippen LogP contribution < -0.4 is 4.74 Å². The summed E-state index contributed by atoms with van der Waals surface area (Å²) in [5.74, 6) is 0.941. The predicted molar refractivity (Wildman–Crippen MR) is 82.1 cm³/mol. The first kappa shape index (κ1) is 14.9. The predicted octanol–water partition coefficient (Wildman–Crippen LogP) is 3.61. The quantitative estimate of drug-likeness (QED) is 0.896. The third-order valence-electron chi connectivity index (χ3n) is 3.28. The number of ether oxygens (including phenoxy) is 1. The van der Waals surface area contributed by atoms with E-state index in [4.69, 9.17) is 4.74 Å². The maximum Gasteiger partial charge on any atom is 0.119 e. The molecule has 20 heavy (non-hydrogen) atoms. The fourth-order valence-corrected chi connectivity index (χ4v) is 2.49. The number of phenols is 1.